The molecule has 0 saturated heterocycles. The van der Waals surface area contributed by atoms with Gasteiger partial charge in [-0.3, -0.25) is 4.79 Å². The maximum Gasteiger partial charge on any atom is 0.181 e. The van der Waals surface area contributed by atoms with Gasteiger partial charge in [0.1, 0.15) is 11.5 Å². The van der Waals surface area contributed by atoms with E-state index in [1.807, 2.05) is 6.07 Å². The van der Waals surface area contributed by atoms with Crippen molar-refractivity contribution in [1.82, 2.24) is 0 Å². The Bertz CT molecular complexity index is 402. The van der Waals surface area contributed by atoms with Crippen molar-refractivity contribution in [3.63, 3.8) is 0 Å². The Balaban J connectivity index is 3.27. The fraction of sp³-hybridized carbons (Fsp3) is 0.462. The summed E-state index contributed by atoms with van der Waals surface area (Å²) < 4.78 is 10.5. The maximum absolute atomic E-state index is 11.7. The van der Waals surface area contributed by atoms with E-state index in [2.05, 4.69) is 6.92 Å². The number of hydrogen-bond donors (Lipinski definition) is 0. The highest BCUT2D eigenvalue weighted by molar-refractivity contribution is 6.30. The van der Waals surface area contributed by atoms with E-state index in [1.165, 1.54) is 0 Å². The third-order valence-electron chi connectivity index (χ3n) is 2.54. The highest BCUT2D eigenvalue weighted by Gasteiger charge is 2.15. The van der Waals surface area contributed by atoms with Crippen molar-refractivity contribution in [3.05, 3.63) is 23.3 Å². The van der Waals surface area contributed by atoms with Crippen LogP contribution in [0.1, 0.15) is 29.3 Å². The number of benzene rings is 1. The zero-order valence-electron chi connectivity index (χ0n) is 10.4. The van der Waals surface area contributed by atoms with Crippen molar-refractivity contribution < 1.29 is 14.3 Å². The van der Waals surface area contributed by atoms with E-state index in [4.69, 9.17) is 21.1 Å². The van der Waals surface area contributed by atoms with Crippen LogP contribution in [-0.2, 0) is 6.42 Å². The fourth-order valence-electron chi connectivity index (χ4n) is 1.72. The van der Waals surface area contributed by atoms with Crippen LogP contribution >= 0.6 is 11.6 Å². The normalized spacial score (nSPS) is 10.1. The van der Waals surface area contributed by atoms with Crippen LogP contribution in [-0.4, -0.2) is 25.9 Å². The molecule has 3 nitrogen and oxygen atoms in total. The van der Waals surface area contributed by atoms with Crippen LogP contribution in [0.2, 0.25) is 0 Å². The van der Waals surface area contributed by atoms with Crippen molar-refractivity contribution in [2.45, 2.75) is 19.8 Å². The first-order valence-electron chi connectivity index (χ1n) is 5.52. The number of alkyl halides is 1. The number of ether oxygens (including phenoxy) is 2. The Labute approximate surface area is 107 Å². The van der Waals surface area contributed by atoms with Crippen LogP contribution in [0.15, 0.2) is 12.1 Å². The van der Waals surface area contributed by atoms with Gasteiger partial charge < -0.3 is 9.47 Å². The van der Waals surface area contributed by atoms with Crippen molar-refractivity contribution >= 4 is 17.4 Å². The summed E-state index contributed by atoms with van der Waals surface area (Å²) in [7, 11) is 3.14. The first kappa shape index (κ1) is 13.8. The summed E-state index contributed by atoms with van der Waals surface area (Å²) in [5.74, 6) is 1.04. The van der Waals surface area contributed by atoms with Gasteiger partial charge in [-0.05, 0) is 24.1 Å². The predicted molar refractivity (Wildman–Crippen MR) is 68.6 cm³/mol. The molecule has 94 valence electrons. The van der Waals surface area contributed by atoms with Crippen molar-refractivity contribution in [2.24, 2.45) is 0 Å². The van der Waals surface area contributed by atoms with Gasteiger partial charge in [-0.1, -0.05) is 13.3 Å². The molecule has 0 aliphatic rings. The quantitative estimate of drug-likeness (QED) is 0.580. The fourth-order valence-corrected chi connectivity index (χ4v) is 1.86. The Morgan fingerprint density at radius 2 is 1.88 bits per heavy atom. The summed E-state index contributed by atoms with van der Waals surface area (Å²) >= 11 is 5.57. The second-order valence-corrected chi connectivity index (χ2v) is 3.94. The van der Waals surface area contributed by atoms with E-state index in [-0.39, 0.29) is 11.7 Å². The molecule has 0 radical (unpaired) electrons. The zero-order valence-corrected chi connectivity index (χ0v) is 11.1. The number of aryl methyl sites for hydroxylation is 1. The molecule has 0 atom stereocenters. The van der Waals surface area contributed by atoms with Gasteiger partial charge in [0.25, 0.3) is 0 Å². The molecule has 0 N–H and O–H groups in total. The first-order valence-corrected chi connectivity index (χ1v) is 6.05. The van der Waals surface area contributed by atoms with E-state index in [0.717, 1.165) is 18.4 Å². The molecule has 0 heterocycles. The molecule has 0 fully saturated rings. The van der Waals surface area contributed by atoms with Gasteiger partial charge >= 0.3 is 0 Å². The minimum atomic E-state index is -0.162. The Hall–Kier alpha value is -1.22. The van der Waals surface area contributed by atoms with E-state index >= 15 is 0 Å². The Morgan fingerprint density at radius 3 is 2.35 bits per heavy atom. The topological polar surface area (TPSA) is 35.5 Å². The molecule has 1 aromatic rings. The van der Waals surface area contributed by atoms with Crippen LogP contribution in [0, 0.1) is 0 Å². The standard InChI is InChI=1S/C13H17ClO3/c1-4-5-9-6-13(17-3)10(11(15)8-14)7-12(9)16-2/h6-7H,4-5,8H2,1-3H3. The summed E-state index contributed by atoms with van der Waals surface area (Å²) in [6, 6.07) is 3.55. The lowest BCUT2D eigenvalue weighted by atomic mass is 10.0. The monoisotopic (exact) mass is 256 g/mol. The van der Waals surface area contributed by atoms with E-state index in [0.29, 0.717) is 17.1 Å². The minimum absolute atomic E-state index is 0.0629. The summed E-state index contributed by atoms with van der Waals surface area (Å²) in [5.41, 5.74) is 1.51. The van der Waals surface area contributed by atoms with Crippen molar-refractivity contribution in [1.29, 1.82) is 0 Å². The van der Waals surface area contributed by atoms with Gasteiger partial charge in [0.15, 0.2) is 5.78 Å². The molecule has 1 aromatic carbocycles. The molecule has 17 heavy (non-hydrogen) atoms. The SMILES string of the molecule is CCCc1cc(OC)c(C(=O)CCl)cc1OC. The molecule has 0 spiro atoms. The molecule has 0 unspecified atom stereocenters. The number of ketones is 1. The molecule has 4 heteroatoms. The lowest BCUT2D eigenvalue weighted by Crippen LogP contribution is -2.05. The summed E-state index contributed by atoms with van der Waals surface area (Å²) in [6.45, 7) is 2.09. The van der Waals surface area contributed by atoms with E-state index < -0.39 is 0 Å². The van der Waals surface area contributed by atoms with Gasteiger partial charge in [-0.15, -0.1) is 11.6 Å². The van der Waals surface area contributed by atoms with Gasteiger partial charge in [-0.2, -0.15) is 0 Å². The third-order valence-corrected chi connectivity index (χ3v) is 2.79. The molecule has 0 bridgehead atoms. The minimum Gasteiger partial charge on any atom is -0.496 e. The number of carbonyl (C=O) groups excluding carboxylic acids is 1. The number of carbonyl (C=O) groups is 1. The molecule has 1 rings (SSSR count). The Morgan fingerprint density at radius 1 is 1.24 bits per heavy atom. The highest BCUT2D eigenvalue weighted by atomic mass is 35.5. The first-order chi connectivity index (χ1) is 8.17. The van der Waals surface area contributed by atoms with Crippen molar-refractivity contribution in [2.75, 3.05) is 20.1 Å². The number of methoxy groups -OCH3 is 2. The van der Waals surface area contributed by atoms with E-state index in [9.17, 15) is 4.79 Å². The summed E-state index contributed by atoms with van der Waals surface area (Å²) in [6.07, 6.45) is 1.89. The smallest absolute Gasteiger partial charge is 0.181 e. The van der Waals surface area contributed by atoms with Gasteiger partial charge in [0.05, 0.1) is 25.7 Å². The largest absolute Gasteiger partial charge is 0.496 e. The van der Waals surface area contributed by atoms with Gasteiger partial charge in [0.2, 0.25) is 0 Å². The van der Waals surface area contributed by atoms with Crippen molar-refractivity contribution in [3.8, 4) is 11.5 Å². The molecule has 0 aliphatic carbocycles. The molecular formula is C13H17ClO3. The zero-order chi connectivity index (χ0) is 12.8. The summed E-state index contributed by atoms with van der Waals surface area (Å²) in [5, 5.41) is 0. The molecular weight excluding hydrogens is 240 g/mol. The maximum atomic E-state index is 11.7. The van der Waals surface area contributed by atoms with Crippen LogP contribution in [0.25, 0.3) is 0 Å². The van der Waals surface area contributed by atoms with E-state index in [1.54, 1.807) is 20.3 Å². The second-order valence-electron chi connectivity index (χ2n) is 3.67. The van der Waals surface area contributed by atoms with Crippen LogP contribution in [0.3, 0.4) is 0 Å². The molecule has 0 amide bonds. The van der Waals surface area contributed by atoms with Gasteiger partial charge in [0, 0.05) is 0 Å². The average molecular weight is 257 g/mol. The lowest BCUT2D eigenvalue weighted by Gasteiger charge is -2.13. The molecule has 0 saturated carbocycles. The van der Waals surface area contributed by atoms with Gasteiger partial charge in [-0.25, -0.2) is 0 Å². The number of rotatable bonds is 6. The third kappa shape index (κ3) is 3.13. The number of Topliss-reactive ketones (excluding diaryl/α,β-unsaturated/α-hetero) is 1. The molecule has 0 aliphatic heterocycles. The Kier molecular flexibility index (Phi) is 5.29. The highest BCUT2D eigenvalue weighted by Crippen LogP contribution is 2.30. The molecule has 0 aromatic heterocycles. The summed E-state index contributed by atoms with van der Waals surface area (Å²) in [4.78, 5) is 11.7. The number of hydrogen-bond acceptors (Lipinski definition) is 3. The van der Waals surface area contributed by atoms with Crippen LogP contribution in [0.4, 0.5) is 0 Å². The van der Waals surface area contributed by atoms with Crippen LogP contribution in [0.5, 0.6) is 11.5 Å². The number of halogens is 1. The average Bonchev–Trinajstić information content (AvgIpc) is 2.37. The predicted octanol–water partition coefficient (Wildman–Crippen LogP) is 3.08. The second kappa shape index (κ2) is 6.50. The van der Waals surface area contributed by atoms with Crippen LogP contribution < -0.4 is 9.47 Å². The lowest BCUT2D eigenvalue weighted by molar-refractivity contribution is 0.101.